The van der Waals surface area contributed by atoms with Crippen molar-refractivity contribution in [3.8, 4) is 5.75 Å². The van der Waals surface area contributed by atoms with E-state index in [1.807, 2.05) is 6.92 Å². The molecular weight excluding hydrogens is 273 g/mol. The topological polar surface area (TPSA) is 54.1 Å². The van der Waals surface area contributed by atoms with Crippen LogP contribution in [0.1, 0.15) is 12.5 Å². The fourth-order valence-corrected chi connectivity index (χ4v) is 2.27. The normalized spacial score (nSPS) is 18.3. The van der Waals surface area contributed by atoms with Gasteiger partial charge in [0, 0.05) is 17.5 Å². The van der Waals surface area contributed by atoms with E-state index >= 15 is 0 Å². The third kappa shape index (κ3) is 2.09. The molecule has 0 spiro atoms. The van der Waals surface area contributed by atoms with Crippen molar-refractivity contribution in [3.05, 3.63) is 34.1 Å². The number of alkyl halides is 3. The Kier molecular flexibility index (Phi) is 2.67. The maximum absolute atomic E-state index is 13.0. The summed E-state index contributed by atoms with van der Waals surface area (Å²) in [5, 5.41) is 3.01. The number of hydrogen-bond acceptors (Lipinski definition) is 3. The second-order valence-electron chi connectivity index (χ2n) is 4.80. The fraction of sp³-hybridized carbons (Fsp3) is 0.308. The number of halogens is 3. The number of aromatic nitrogens is 1. The predicted octanol–water partition coefficient (Wildman–Crippen LogP) is 2.74. The predicted molar refractivity (Wildman–Crippen MR) is 68.2 cm³/mol. The molecule has 0 amide bonds. The van der Waals surface area contributed by atoms with Gasteiger partial charge in [0.2, 0.25) is 5.56 Å². The van der Waals surface area contributed by atoms with Crippen molar-refractivity contribution in [2.75, 3.05) is 11.9 Å². The van der Waals surface area contributed by atoms with Crippen LogP contribution in [0.25, 0.3) is 10.9 Å². The van der Waals surface area contributed by atoms with Gasteiger partial charge >= 0.3 is 6.18 Å². The molecule has 0 fully saturated rings. The highest BCUT2D eigenvalue weighted by atomic mass is 19.4. The Morgan fingerprint density at radius 3 is 2.75 bits per heavy atom. The summed E-state index contributed by atoms with van der Waals surface area (Å²) in [6.07, 6.45) is -4.58. The molecule has 3 rings (SSSR count). The molecule has 0 aliphatic carbocycles. The van der Waals surface area contributed by atoms with Crippen molar-refractivity contribution >= 4 is 16.6 Å². The van der Waals surface area contributed by atoms with E-state index in [1.54, 1.807) is 0 Å². The van der Waals surface area contributed by atoms with Gasteiger partial charge in [0.15, 0.2) is 0 Å². The van der Waals surface area contributed by atoms with Crippen LogP contribution in [0.2, 0.25) is 0 Å². The highest BCUT2D eigenvalue weighted by molar-refractivity contribution is 5.89. The summed E-state index contributed by atoms with van der Waals surface area (Å²) in [5.41, 5.74) is -1.13. The summed E-state index contributed by atoms with van der Waals surface area (Å²) in [7, 11) is 0. The van der Waals surface area contributed by atoms with Crippen LogP contribution in [0.3, 0.4) is 0 Å². The molecule has 7 heteroatoms. The summed E-state index contributed by atoms with van der Waals surface area (Å²) in [4.78, 5) is 13.8. The lowest BCUT2D eigenvalue weighted by Crippen LogP contribution is -2.28. The minimum atomic E-state index is -4.58. The SMILES string of the molecule is CC1COc2cc3[nH]c(=O)cc(C(F)(F)F)c3cc2N1. The van der Waals surface area contributed by atoms with Crippen molar-refractivity contribution in [3.63, 3.8) is 0 Å². The van der Waals surface area contributed by atoms with Gasteiger partial charge < -0.3 is 15.0 Å². The number of rotatable bonds is 0. The van der Waals surface area contributed by atoms with E-state index in [1.165, 1.54) is 12.1 Å². The summed E-state index contributed by atoms with van der Waals surface area (Å²) in [5.74, 6) is 0.436. The zero-order valence-corrected chi connectivity index (χ0v) is 10.5. The monoisotopic (exact) mass is 284 g/mol. The van der Waals surface area contributed by atoms with Gasteiger partial charge in [-0.05, 0) is 13.0 Å². The van der Waals surface area contributed by atoms with Gasteiger partial charge in [-0.2, -0.15) is 13.2 Å². The van der Waals surface area contributed by atoms with Crippen LogP contribution in [0.5, 0.6) is 5.75 Å². The largest absolute Gasteiger partial charge is 0.489 e. The molecule has 0 radical (unpaired) electrons. The highest BCUT2D eigenvalue weighted by Crippen LogP contribution is 2.38. The Balaban J connectivity index is 2.31. The molecule has 1 atom stereocenters. The first kappa shape index (κ1) is 12.8. The van der Waals surface area contributed by atoms with E-state index < -0.39 is 17.3 Å². The molecule has 0 bridgehead atoms. The quantitative estimate of drug-likeness (QED) is 0.782. The number of benzene rings is 1. The number of H-pyrrole nitrogens is 1. The lowest BCUT2D eigenvalue weighted by molar-refractivity contribution is -0.136. The number of nitrogens with one attached hydrogen (secondary N) is 2. The third-order valence-corrected chi connectivity index (χ3v) is 3.14. The van der Waals surface area contributed by atoms with E-state index in [2.05, 4.69) is 10.3 Å². The third-order valence-electron chi connectivity index (χ3n) is 3.14. The molecule has 1 aromatic carbocycles. The highest BCUT2D eigenvalue weighted by Gasteiger charge is 2.34. The maximum Gasteiger partial charge on any atom is 0.417 e. The van der Waals surface area contributed by atoms with E-state index in [0.29, 0.717) is 24.1 Å². The Labute approximate surface area is 111 Å². The summed E-state index contributed by atoms with van der Waals surface area (Å²) < 4.78 is 44.4. The fourth-order valence-electron chi connectivity index (χ4n) is 2.27. The minimum Gasteiger partial charge on any atom is -0.489 e. The Hall–Kier alpha value is -2.18. The van der Waals surface area contributed by atoms with Crippen LogP contribution in [-0.2, 0) is 6.18 Å². The van der Waals surface area contributed by atoms with Crippen LogP contribution in [0.15, 0.2) is 23.0 Å². The van der Waals surface area contributed by atoms with Gasteiger partial charge in [0.1, 0.15) is 12.4 Å². The number of aromatic amines is 1. The molecule has 4 nitrogen and oxygen atoms in total. The number of anilines is 1. The van der Waals surface area contributed by atoms with Gasteiger partial charge in [0.25, 0.3) is 0 Å². The van der Waals surface area contributed by atoms with Gasteiger partial charge in [-0.1, -0.05) is 0 Å². The first-order valence-corrected chi connectivity index (χ1v) is 6.02. The average molecular weight is 284 g/mol. The van der Waals surface area contributed by atoms with Crippen LogP contribution in [-0.4, -0.2) is 17.6 Å². The molecule has 1 unspecified atom stereocenters. The first-order valence-electron chi connectivity index (χ1n) is 6.02. The van der Waals surface area contributed by atoms with Crippen LogP contribution >= 0.6 is 0 Å². The molecule has 1 aromatic heterocycles. The molecule has 20 heavy (non-hydrogen) atoms. The van der Waals surface area contributed by atoms with Crippen LogP contribution in [0, 0.1) is 0 Å². The smallest absolute Gasteiger partial charge is 0.417 e. The number of ether oxygens (including phenoxy) is 1. The molecule has 1 aliphatic rings. The minimum absolute atomic E-state index is 0.0112. The Bertz CT molecular complexity index is 737. The molecule has 2 heterocycles. The summed E-state index contributed by atoms with van der Waals surface area (Å²) >= 11 is 0. The lowest BCUT2D eigenvalue weighted by atomic mass is 10.1. The molecule has 2 N–H and O–H groups in total. The van der Waals surface area contributed by atoms with Crippen LogP contribution in [0.4, 0.5) is 18.9 Å². The maximum atomic E-state index is 13.0. The molecular formula is C13H11F3N2O2. The first-order chi connectivity index (χ1) is 9.34. The van der Waals surface area contributed by atoms with E-state index in [0.717, 1.165) is 0 Å². The van der Waals surface area contributed by atoms with E-state index in [-0.39, 0.29) is 16.9 Å². The molecule has 0 saturated carbocycles. The van der Waals surface area contributed by atoms with Crippen molar-refractivity contribution in [1.82, 2.24) is 4.98 Å². The second kappa shape index (κ2) is 4.16. The average Bonchev–Trinajstić information content (AvgIpc) is 2.34. The van der Waals surface area contributed by atoms with Crippen molar-refractivity contribution in [2.45, 2.75) is 19.1 Å². The molecule has 0 saturated heterocycles. The lowest BCUT2D eigenvalue weighted by Gasteiger charge is -2.25. The zero-order valence-electron chi connectivity index (χ0n) is 10.5. The number of hydrogen-bond donors (Lipinski definition) is 2. The Morgan fingerprint density at radius 1 is 1.30 bits per heavy atom. The van der Waals surface area contributed by atoms with Gasteiger partial charge in [-0.25, -0.2) is 0 Å². The summed E-state index contributed by atoms with van der Waals surface area (Å²) in [6, 6.07) is 3.36. The second-order valence-corrected chi connectivity index (χ2v) is 4.80. The number of fused-ring (bicyclic) bond motifs is 2. The van der Waals surface area contributed by atoms with E-state index in [9.17, 15) is 18.0 Å². The van der Waals surface area contributed by atoms with Gasteiger partial charge in [-0.15, -0.1) is 0 Å². The Morgan fingerprint density at radius 2 is 2.05 bits per heavy atom. The molecule has 2 aromatic rings. The van der Waals surface area contributed by atoms with Crippen molar-refractivity contribution in [1.29, 1.82) is 0 Å². The number of pyridine rings is 1. The standard InChI is InChI=1S/C13H11F3N2O2/c1-6-5-20-11-4-9-7(2-10(11)17-6)8(13(14,15)16)3-12(19)18-9/h2-4,6,17H,5H2,1H3,(H,18,19). The summed E-state index contributed by atoms with van der Waals surface area (Å²) in [6.45, 7) is 2.28. The molecule has 106 valence electrons. The van der Waals surface area contributed by atoms with Gasteiger partial charge in [-0.3, -0.25) is 4.79 Å². The van der Waals surface area contributed by atoms with E-state index in [4.69, 9.17) is 4.74 Å². The zero-order chi connectivity index (χ0) is 14.5. The molecule has 1 aliphatic heterocycles. The van der Waals surface area contributed by atoms with Gasteiger partial charge in [0.05, 0.1) is 22.8 Å². The van der Waals surface area contributed by atoms with Crippen molar-refractivity contribution in [2.24, 2.45) is 0 Å². The van der Waals surface area contributed by atoms with Crippen molar-refractivity contribution < 1.29 is 17.9 Å². The van der Waals surface area contributed by atoms with Crippen LogP contribution < -0.4 is 15.6 Å².